The van der Waals surface area contributed by atoms with E-state index in [1.165, 1.54) is 14.2 Å². The lowest BCUT2D eigenvalue weighted by Crippen LogP contribution is -2.08. The maximum atomic E-state index is 12.5. The molecular formula is C22H19N3O6. The highest BCUT2D eigenvalue weighted by atomic mass is 16.5. The van der Waals surface area contributed by atoms with Crippen LogP contribution in [0.2, 0.25) is 0 Å². The first kappa shape index (κ1) is 20.1. The van der Waals surface area contributed by atoms with Crippen LogP contribution in [0.15, 0.2) is 57.5 Å². The molecule has 0 spiro atoms. The van der Waals surface area contributed by atoms with Gasteiger partial charge in [0.2, 0.25) is 0 Å². The summed E-state index contributed by atoms with van der Waals surface area (Å²) in [5.41, 5.74) is 2.26. The Balaban J connectivity index is 1.53. The zero-order valence-corrected chi connectivity index (χ0v) is 17.1. The fourth-order valence-corrected chi connectivity index (χ4v) is 3.08. The Bertz CT molecular complexity index is 1200. The van der Waals surface area contributed by atoms with Gasteiger partial charge in [-0.05, 0) is 19.1 Å². The molecule has 9 nitrogen and oxygen atoms in total. The van der Waals surface area contributed by atoms with Gasteiger partial charge in [-0.25, -0.2) is 4.79 Å². The van der Waals surface area contributed by atoms with Crippen LogP contribution in [0.5, 0.6) is 11.5 Å². The van der Waals surface area contributed by atoms with Crippen molar-refractivity contribution < 1.29 is 27.9 Å². The van der Waals surface area contributed by atoms with Crippen molar-refractivity contribution in [2.75, 3.05) is 14.2 Å². The van der Waals surface area contributed by atoms with Crippen LogP contribution in [0.3, 0.4) is 0 Å². The van der Waals surface area contributed by atoms with Gasteiger partial charge in [-0.2, -0.15) is 0 Å². The van der Waals surface area contributed by atoms with Crippen LogP contribution in [-0.2, 0) is 11.3 Å². The molecule has 0 amide bonds. The van der Waals surface area contributed by atoms with Gasteiger partial charge < -0.3 is 23.2 Å². The summed E-state index contributed by atoms with van der Waals surface area (Å²) in [6.07, 6.45) is 0. The molecular weight excluding hydrogens is 402 g/mol. The third-order valence-electron chi connectivity index (χ3n) is 4.54. The van der Waals surface area contributed by atoms with Crippen LogP contribution in [0, 0.1) is 6.92 Å². The number of carbonyl (C=O) groups excluding carboxylic acids is 1. The summed E-state index contributed by atoms with van der Waals surface area (Å²) in [5.74, 6) is 0.989. The molecule has 2 aromatic heterocycles. The second-order valence-corrected chi connectivity index (χ2v) is 6.45. The number of methoxy groups -OCH3 is 2. The van der Waals surface area contributed by atoms with Crippen LogP contribution < -0.4 is 9.47 Å². The van der Waals surface area contributed by atoms with E-state index in [0.717, 1.165) is 5.56 Å². The zero-order valence-electron chi connectivity index (χ0n) is 17.1. The van der Waals surface area contributed by atoms with E-state index in [0.29, 0.717) is 22.8 Å². The number of rotatable bonds is 7. The quantitative estimate of drug-likeness (QED) is 0.408. The summed E-state index contributed by atoms with van der Waals surface area (Å²) in [6, 6.07) is 14.4. The lowest BCUT2D eigenvalue weighted by atomic mass is 10.1. The van der Waals surface area contributed by atoms with Gasteiger partial charge in [0.05, 0.1) is 14.2 Å². The molecule has 9 heteroatoms. The number of aromatic nitrogens is 3. The summed E-state index contributed by atoms with van der Waals surface area (Å²) < 4.78 is 26.8. The van der Waals surface area contributed by atoms with Gasteiger partial charge in [-0.1, -0.05) is 41.6 Å². The molecule has 0 bridgehead atoms. The summed E-state index contributed by atoms with van der Waals surface area (Å²) in [4.78, 5) is 12.5. The van der Waals surface area contributed by atoms with Crippen LogP contribution in [0.25, 0.3) is 22.7 Å². The highest BCUT2D eigenvalue weighted by Crippen LogP contribution is 2.34. The standard InChI is InChI=1S/C22H19N3O6/c1-13-18(19(25-31-13)14-8-5-4-6-9-14)21-24-23-17(30-21)12-29-22(26)15-10-7-11-16(27-2)20(15)28-3/h4-11H,12H2,1-3H3. The fraction of sp³-hybridized carbons (Fsp3) is 0.182. The smallest absolute Gasteiger partial charge is 0.342 e. The molecule has 4 aromatic rings. The zero-order chi connectivity index (χ0) is 21.8. The van der Waals surface area contributed by atoms with Gasteiger partial charge in [0.15, 0.2) is 18.1 Å². The molecule has 0 fully saturated rings. The Labute approximate surface area is 177 Å². The first-order chi connectivity index (χ1) is 15.1. The van der Waals surface area contributed by atoms with Crippen molar-refractivity contribution in [3.8, 4) is 34.2 Å². The first-order valence-corrected chi connectivity index (χ1v) is 9.35. The molecule has 158 valence electrons. The van der Waals surface area contributed by atoms with Crippen LogP contribution >= 0.6 is 0 Å². The summed E-state index contributed by atoms with van der Waals surface area (Å²) >= 11 is 0. The van der Waals surface area contributed by atoms with E-state index in [2.05, 4.69) is 15.4 Å². The molecule has 0 aliphatic rings. The Morgan fingerprint density at radius 1 is 1.00 bits per heavy atom. The number of aryl methyl sites for hydroxylation is 1. The van der Waals surface area contributed by atoms with Gasteiger partial charge in [0.1, 0.15) is 22.6 Å². The summed E-state index contributed by atoms with van der Waals surface area (Å²) in [7, 11) is 2.94. The highest BCUT2D eigenvalue weighted by molar-refractivity contribution is 5.93. The van der Waals surface area contributed by atoms with E-state index in [4.69, 9.17) is 23.2 Å². The summed E-state index contributed by atoms with van der Waals surface area (Å²) in [5, 5.41) is 12.1. The fourth-order valence-electron chi connectivity index (χ4n) is 3.08. The van der Waals surface area contributed by atoms with Crippen molar-refractivity contribution in [2.24, 2.45) is 0 Å². The van der Waals surface area contributed by atoms with E-state index in [9.17, 15) is 4.79 Å². The largest absolute Gasteiger partial charge is 0.493 e. The Hall–Kier alpha value is -4.14. The number of hydrogen-bond donors (Lipinski definition) is 0. The molecule has 2 aromatic carbocycles. The molecule has 2 heterocycles. The Morgan fingerprint density at radius 2 is 1.81 bits per heavy atom. The topological polar surface area (TPSA) is 110 Å². The van der Waals surface area contributed by atoms with Gasteiger partial charge >= 0.3 is 5.97 Å². The summed E-state index contributed by atoms with van der Waals surface area (Å²) in [6.45, 7) is 1.55. The van der Waals surface area contributed by atoms with E-state index in [1.54, 1.807) is 25.1 Å². The lowest BCUT2D eigenvalue weighted by molar-refractivity contribution is 0.0434. The van der Waals surface area contributed by atoms with Gasteiger partial charge in [0, 0.05) is 5.56 Å². The highest BCUT2D eigenvalue weighted by Gasteiger charge is 2.23. The van der Waals surface area contributed by atoms with Crippen molar-refractivity contribution in [2.45, 2.75) is 13.5 Å². The van der Waals surface area contributed by atoms with Crippen LogP contribution in [0.1, 0.15) is 22.0 Å². The minimum absolute atomic E-state index is 0.129. The monoisotopic (exact) mass is 421 g/mol. The molecule has 0 N–H and O–H groups in total. The maximum Gasteiger partial charge on any atom is 0.342 e. The molecule has 0 radical (unpaired) electrons. The maximum absolute atomic E-state index is 12.5. The predicted molar refractivity (Wildman–Crippen MR) is 109 cm³/mol. The van der Waals surface area contributed by atoms with E-state index in [1.807, 2.05) is 30.3 Å². The number of carbonyl (C=O) groups is 1. The van der Waals surface area contributed by atoms with E-state index >= 15 is 0 Å². The number of ether oxygens (including phenoxy) is 3. The minimum atomic E-state index is -0.610. The molecule has 31 heavy (non-hydrogen) atoms. The second kappa shape index (κ2) is 8.70. The van der Waals surface area contributed by atoms with Crippen molar-refractivity contribution in [3.05, 3.63) is 65.7 Å². The average Bonchev–Trinajstić information content (AvgIpc) is 3.43. The predicted octanol–water partition coefficient (Wildman–Crippen LogP) is 4.07. The number of benzene rings is 2. The van der Waals surface area contributed by atoms with Crippen molar-refractivity contribution in [3.63, 3.8) is 0 Å². The number of hydrogen-bond acceptors (Lipinski definition) is 9. The van der Waals surface area contributed by atoms with E-state index < -0.39 is 5.97 Å². The Kier molecular flexibility index (Phi) is 5.65. The molecule has 0 unspecified atom stereocenters. The Morgan fingerprint density at radius 3 is 2.55 bits per heavy atom. The molecule has 4 rings (SSSR count). The number of para-hydroxylation sites is 1. The third kappa shape index (κ3) is 3.97. The van der Waals surface area contributed by atoms with Gasteiger partial charge in [0.25, 0.3) is 11.8 Å². The average molecular weight is 421 g/mol. The second-order valence-electron chi connectivity index (χ2n) is 6.45. The molecule has 0 aliphatic carbocycles. The van der Waals surface area contributed by atoms with Crippen molar-refractivity contribution in [1.29, 1.82) is 0 Å². The molecule has 0 atom stereocenters. The molecule has 0 saturated heterocycles. The number of nitrogens with zero attached hydrogens (tertiary/aromatic N) is 3. The van der Waals surface area contributed by atoms with Gasteiger partial charge in [-0.3, -0.25) is 0 Å². The van der Waals surface area contributed by atoms with Crippen molar-refractivity contribution >= 4 is 5.97 Å². The normalized spacial score (nSPS) is 10.7. The minimum Gasteiger partial charge on any atom is -0.493 e. The lowest BCUT2D eigenvalue weighted by Gasteiger charge is -2.11. The van der Waals surface area contributed by atoms with Crippen molar-refractivity contribution in [1.82, 2.24) is 15.4 Å². The van der Waals surface area contributed by atoms with Crippen LogP contribution in [-0.4, -0.2) is 35.5 Å². The third-order valence-corrected chi connectivity index (χ3v) is 4.54. The SMILES string of the molecule is COc1cccc(C(=O)OCc2nnc(-c3c(-c4ccccc4)noc3C)o2)c1OC. The number of esters is 1. The molecule has 0 saturated carbocycles. The van der Waals surface area contributed by atoms with Crippen LogP contribution in [0.4, 0.5) is 0 Å². The van der Waals surface area contributed by atoms with E-state index in [-0.39, 0.29) is 29.7 Å². The first-order valence-electron chi connectivity index (χ1n) is 9.35. The van der Waals surface area contributed by atoms with Gasteiger partial charge in [-0.15, -0.1) is 10.2 Å². The molecule has 0 aliphatic heterocycles.